The number of hydrogen-bond acceptors (Lipinski definition) is 3. The van der Waals surface area contributed by atoms with Gasteiger partial charge in [-0.25, -0.2) is 9.37 Å². The lowest BCUT2D eigenvalue weighted by Gasteiger charge is -2.07. The molecule has 104 valence electrons. The molecule has 0 saturated carbocycles. The fourth-order valence-corrected chi connectivity index (χ4v) is 2.50. The molecule has 2 aromatic heterocycles. The zero-order valence-electron chi connectivity index (χ0n) is 11.7. The Hall–Kier alpha value is -2.37. The molecular weight excluding hydrogens is 257 g/mol. The minimum Gasteiger partial charge on any atom is -0.369 e. The Morgan fingerprint density at radius 3 is 2.70 bits per heavy atom. The summed E-state index contributed by atoms with van der Waals surface area (Å²) in [4.78, 5) is 4.11. The Bertz CT molecular complexity index is 800. The quantitative estimate of drug-likeness (QED) is 0.778. The van der Waals surface area contributed by atoms with E-state index in [1.54, 1.807) is 6.07 Å². The molecule has 0 spiro atoms. The van der Waals surface area contributed by atoms with Crippen LogP contribution in [-0.4, -0.2) is 19.3 Å². The number of rotatable bonds is 2. The minimum absolute atomic E-state index is 0.309. The molecule has 0 aliphatic carbocycles. The molecular formula is C14H16FN5. The molecule has 1 aromatic carbocycles. The number of benzene rings is 1. The molecule has 0 amide bonds. The lowest BCUT2D eigenvalue weighted by Crippen LogP contribution is -2.06. The highest BCUT2D eigenvalue weighted by Crippen LogP contribution is 2.23. The van der Waals surface area contributed by atoms with Gasteiger partial charge in [0.05, 0.1) is 17.8 Å². The van der Waals surface area contributed by atoms with Crippen LogP contribution in [0.3, 0.4) is 0 Å². The summed E-state index contributed by atoms with van der Waals surface area (Å²) in [5.41, 5.74) is 10.0. The van der Waals surface area contributed by atoms with Gasteiger partial charge in [-0.15, -0.1) is 0 Å². The van der Waals surface area contributed by atoms with E-state index in [0.717, 1.165) is 17.0 Å². The van der Waals surface area contributed by atoms with E-state index in [1.807, 2.05) is 36.2 Å². The van der Waals surface area contributed by atoms with Crippen molar-refractivity contribution < 1.29 is 4.39 Å². The van der Waals surface area contributed by atoms with Gasteiger partial charge in [0.1, 0.15) is 5.52 Å². The number of nitrogen functional groups attached to an aromatic ring is 1. The number of nitrogens with two attached hydrogens (primary N) is 1. The van der Waals surface area contributed by atoms with E-state index in [0.29, 0.717) is 23.5 Å². The predicted octanol–water partition coefficient (Wildman–Crippen LogP) is 2.16. The van der Waals surface area contributed by atoms with Crippen LogP contribution >= 0.6 is 0 Å². The number of aromatic nitrogens is 4. The molecule has 6 heteroatoms. The average molecular weight is 273 g/mol. The highest BCUT2D eigenvalue weighted by Gasteiger charge is 2.15. The number of fused-ring (bicyclic) bond motifs is 1. The van der Waals surface area contributed by atoms with Crippen LogP contribution in [0.25, 0.3) is 11.0 Å². The monoisotopic (exact) mass is 273 g/mol. The Kier molecular flexibility index (Phi) is 2.74. The molecule has 5 nitrogen and oxygen atoms in total. The van der Waals surface area contributed by atoms with Crippen molar-refractivity contribution in [2.24, 2.45) is 7.05 Å². The van der Waals surface area contributed by atoms with Crippen LogP contribution in [0.1, 0.15) is 17.0 Å². The van der Waals surface area contributed by atoms with Gasteiger partial charge in [-0.2, -0.15) is 5.10 Å². The van der Waals surface area contributed by atoms with Crippen molar-refractivity contribution in [3.8, 4) is 0 Å². The SMILES string of the molecule is Cc1nn(C)c(C)c1Cn1c(N)nc2c(F)cccc21. The van der Waals surface area contributed by atoms with E-state index < -0.39 is 0 Å². The number of para-hydroxylation sites is 1. The first-order valence-electron chi connectivity index (χ1n) is 6.38. The van der Waals surface area contributed by atoms with Crippen LogP contribution in [0.15, 0.2) is 18.2 Å². The van der Waals surface area contributed by atoms with E-state index in [9.17, 15) is 4.39 Å². The molecule has 0 saturated heterocycles. The van der Waals surface area contributed by atoms with E-state index in [4.69, 9.17) is 5.73 Å². The first kappa shape index (κ1) is 12.7. The second kappa shape index (κ2) is 4.33. The number of hydrogen-bond donors (Lipinski definition) is 1. The average Bonchev–Trinajstić information content (AvgIpc) is 2.84. The van der Waals surface area contributed by atoms with Crippen molar-refractivity contribution >= 4 is 17.0 Å². The third kappa shape index (κ3) is 1.76. The Morgan fingerprint density at radius 1 is 1.30 bits per heavy atom. The fraction of sp³-hybridized carbons (Fsp3) is 0.286. The summed E-state index contributed by atoms with van der Waals surface area (Å²) < 4.78 is 17.4. The Morgan fingerprint density at radius 2 is 2.05 bits per heavy atom. The van der Waals surface area contributed by atoms with Crippen molar-refractivity contribution in [1.82, 2.24) is 19.3 Å². The normalized spacial score (nSPS) is 11.4. The first-order valence-corrected chi connectivity index (χ1v) is 6.38. The lowest BCUT2D eigenvalue weighted by molar-refractivity contribution is 0.637. The van der Waals surface area contributed by atoms with Gasteiger partial charge < -0.3 is 10.3 Å². The molecule has 0 bridgehead atoms. The van der Waals surface area contributed by atoms with Gasteiger partial charge in [0.2, 0.25) is 5.95 Å². The zero-order chi connectivity index (χ0) is 14.4. The first-order chi connectivity index (χ1) is 9.49. The number of anilines is 1. The van der Waals surface area contributed by atoms with Crippen molar-refractivity contribution in [3.05, 3.63) is 41.0 Å². The van der Waals surface area contributed by atoms with Crippen LogP contribution in [0.5, 0.6) is 0 Å². The summed E-state index contributed by atoms with van der Waals surface area (Å²) >= 11 is 0. The van der Waals surface area contributed by atoms with E-state index >= 15 is 0 Å². The maximum absolute atomic E-state index is 13.7. The Balaban J connectivity index is 2.16. The van der Waals surface area contributed by atoms with Gasteiger partial charge in [0.15, 0.2) is 5.82 Å². The summed E-state index contributed by atoms with van der Waals surface area (Å²) in [7, 11) is 1.90. The highest BCUT2D eigenvalue weighted by molar-refractivity contribution is 5.79. The van der Waals surface area contributed by atoms with Gasteiger partial charge >= 0.3 is 0 Å². The van der Waals surface area contributed by atoms with Crippen LogP contribution in [0.2, 0.25) is 0 Å². The smallest absolute Gasteiger partial charge is 0.201 e. The van der Waals surface area contributed by atoms with E-state index in [2.05, 4.69) is 10.1 Å². The second-order valence-corrected chi connectivity index (χ2v) is 4.94. The van der Waals surface area contributed by atoms with Crippen molar-refractivity contribution in [2.45, 2.75) is 20.4 Å². The van der Waals surface area contributed by atoms with E-state index in [-0.39, 0.29) is 5.82 Å². The highest BCUT2D eigenvalue weighted by atomic mass is 19.1. The third-order valence-corrected chi connectivity index (χ3v) is 3.73. The summed E-state index contributed by atoms with van der Waals surface area (Å²) in [5.74, 6) is -0.0414. The number of nitrogens with zero attached hydrogens (tertiary/aromatic N) is 4. The molecule has 0 aliphatic heterocycles. The van der Waals surface area contributed by atoms with Crippen LogP contribution in [0, 0.1) is 19.7 Å². The van der Waals surface area contributed by atoms with Gasteiger partial charge in [-0.1, -0.05) is 6.07 Å². The summed E-state index contributed by atoms with van der Waals surface area (Å²) in [5, 5.41) is 4.39. The molecule has 2 heterocycles. The Labute approximate surface area is 115 Å². The van der Waals surface area contributed by atoms with Crippen LogP contribution < -0.4 is 5.73 Å². The minimum atomic E-state index is -0.354. The number of aryl methyl sites for hydroxylation is 2. The van der Waals surface area contributed by atoms with Gasteiger partial charge in [-0.3, -0.25) is 4.68 Å². The summed E-state index contributed by atoms with van der Waals surface area (Å²) in [6.45, 7) is 4.50. The topological polar surface area (TPSA) is 61.7 Å². The largest absolute Gasteiger partial charge is 0.369 e. The molecule has 3 rings (SSSR count). The predicted molar refractivity (Wildman–Crippen MR) is 75.9 cm³/mol. The summed E-state index contributed by atoms with van der Waals surface area (Å²) in [6.07, 6.45) is 0. The second-order valence-electron chi connectivity index (χ2n) is 4.94. The van der Waals surface area contributed by atoms with Crippen LogP contribution in [-0.2, 0) is 13.6 Å². The number of halogens is 1. The zero-order valence-corrected chi connectivity index (χ0v) is 11.7. The van der Waals surface area contributed by atoms with Gasteiger partial charge in [0.25, 0.3) is 0 Å². The molecule has 0 aliphatic rings. The number of imidazole rings is 1. The lowest BCUT2D eigenvalue weighted by atomic mass is 10.2. The molecule has 0 radical (unpaired) electrons. The molecule has 2 N–H and O–H groups in total. The molecule has 0 atom stereocenters. The van der Waals surface area contributed by atoms with Crippen molar-refractivity contribution in [3.63, 3.8) is 0 Å². The van der Waals surface area contributed by atoms with Gasteiger partial charge in [-0.05, 0) is 26.0 Å². The molecule has 0 fully saturated rings. The maximum Gasteiger partial charge on any atom is 0.201 e. The molecule has 3 aromatic rings. The van der Waals surface area contributed by atoms with E-state index in [1.165, 1.54) is 6.07 Å². The van der Waals surface area contributed by atoms with Crippen molar-refractivity contribution in [1.29, 1.82) is 0 Å². The standard InChI is InChI=1S/C14H16FN5/c1-8-10(9(2)19(3)18-8)7-20-12-6-4-5-11(15)13(12)17-14(20)16/h4-6H,7H2,1-3H3,(H2,16,17). The summed E-state index contributed by atoms with van der Waals surface area (Å²) in [6, 6.07) is 4.88. The maximum atomic E-state index is 13.7. The third-order valence-electron chi connectivity index (χ3n) is 3.73. The molecule has 0 unspecified atom stereocenters. The fourth-order valence-electron chi connectivity index (χ4n) is 2.50. The van der Waals surface area contributed by atoms with Crippen LogP contribution in [0.4, 0.5) is 10.3 Å². The van der Waals surface area contributed by atoms with Crippen molar-refractivity contribution in [2.75, 3.05) is 5.73 Å². The van der Waals surface area contributed by atoms with Gasteiger partial charge in [0, 0.05) is 18.3 Å². The molecule has 20 heavy (non-hydrogen) atoms.